The Labute approximate surface area is 206 Å². The minimum Gasteiger partial charge on any atom is -0.325 e. The number of H-pyrrole nitrogens is 1. The first-order valence-electron chi connectivity index (χ1n) is 10.4. The first-order valence-corrected chi connectivity index (χ1v) is 11.1. The number of amides is 1. The predicted molar refractivity (Wildman–Crippen MR) is 124 cm³/mol. The Hall–Kier alpha value is -3.50. The van der Waals surface area contributed by atoms with E-state index in [1.165, 1.54) is 12.1 Å². The fourth-order valence-electron chi connectivity index (χ4n) is 3.94. The van der Waals surface area contributed by atoms with E-state index in [1.54, 1.807) is 24.3 Å². The molecular weight excluding hydrogens is 504 g/mol. The number of rotatable bonds is 5. The smallest absolute Gasteiger partial charge is 0.325 e. The van der Waals surface area contributed by atoms with Gasteiger partial charge in [-0.25, -0.2) is 0 Å². The average molecular weight is 519 g/mol. The van der Waals surface area contributed by atoms with Gasteiger partial charge in [-0.05, 0) is 54.0 Å². The molecule has 35 heavy (non-hydrogen) atoms. The van der Waals surface area contributed by atoms with Crippen LogP contribution in [0.3, 0.4) is 0 Å². The Morgan fingerprint density at radius 2 is 1.89 bits per heavy atom. The van der Waals surface area contributed by atoms with Crippen molar-refractivity contribution in [1.29, 1.82) is 0 Å². The molecule has 1 saturated carbocycles. The maximum Gasteiger partial charge on any atom is 0.433 e. The van der Waals surface area contributed by atoms with Crippen LogP contribution in [0, 0.1) is 0 Å². The highest BCUT2D eigenvalue weighted by Crippen LogP contribution is 2.50. The summed E-state index contributed by atoms with van der Waals surface area (Å²) < 4.78 is 38.9. The number of pyridine rings is 1. The number of carbonyl (C=O) groups excluding carboxylic acids is 1. The molecule has 0 spiro atoms. The number of alkyl halides is 3. The Morgan fingerprint density at radius 1 is 1.09 bits per heavy atom. The lowest BCUT2D eigenvalue weighted by molar-refractivity contribution is -0.141. The highest BCUT2D eigenvalue weighted by molar-refractivity contribution is 6.34. The van der Waals surface area contributed by atoms with Crippen molar-refractivity contribution >= 4 is 34.8 Å². The van der Waals surface area contributed by atoms with Gasteiger partial charge in [0, 0.05) is 33.6 Å². The monoisotopic (exact) mass is 518 g/mol. The minimum atomic E-state index is -4.57. The topological polar surface area (TPSA) is 96.5 Å². The van der Waals surface area contributed by atoms with Crippen molar-refractivity contribution < 1.29 is 18.0 Å². The number of halogens is 5. The fraction of sp³-hybridized carbons (Fsp3) is 0.174. The summed E-state index contributed by atoms with van der Waals surface area (Å²) >= 11 is 12.7. The molecular formula is C23H15Cl2F3N6O. The predicted octanol–water partition coefficient (Wildman–Crippen LogP) is 5.92. The third-order valence-electron chi connectivity index (χ3n) is 5.84. The molecule has 0 radical (unpaired) electrons. The number of tetrazole rings is 1. The van der Waals surface area contributed by atoms with Gasteiger partial charge in [0.1, 0.15) is 5.69 Å². The van der Waals surface area contributed by atoms with Gasteiger partial charge in [-0.1, -0.05) is 41.4 Å². The van der Waals surface area contributed by atoms with E-state index in [2.05, 4.69) is 30.9 Å². The van der Waals surface area contributed by atoms with Crippen LogP contribution in [0.1, 0.15) is 24.1 Å². The number of nitrogens with one attached hydrogen (secondary N) is 2. The van der Waals surface area contributed by atoms with E-state index in [9.17, 15) is 18.0 Å². The second-order valence-electron chi connectivity index (χ2n) is 8.09. The number of nitrogens with zero attached hydrogens (tertiary/aromatic N) is 4. The Morgan fingerprint density at radius 3 is 2.49 bits per heavy atom. The molecule has 1 fully saturated rings. The van der Waals surface area contributed by atoms with Gasteiger partial charge in [-0.3, -0.25) is 9.78 Å². The largest absolute Gasteiger partial charge is 0.433 e. The van der Waals surface area contributed by atoms with Crippen LogP contribution < -0.4 is 5.32 Å². The van der Waals surface area contributed by atoms with Crippen molar-refractivity contribution in [2.75, 3.05) is 5.32 Å². The third-order valence-corrected chi connectivity index (χ3v) is 6.37. The zero-order valence-electron chi connectivity index (χ0n) is 17.7. The van der Waals surface area contributed by atoms with Gasteiger partial charge in [0.2, 0.25) is 11.7 Å². The first-order chi connectivity index (χ1) is 16.7. The van der Waals surface area contributed by atoms with Gasteiger partial charge in [-0.15, -0.1) is 10.2 Å². The van der Waals surface area contributed by atoms with Gasteiger partial charge in [0.15, 0.2) is 0 Å². The number of hydrogen-bond donors (Lipinski definition) is 2. The van der Waals surface area contributed by atoms with Crippen molar-refractivity contribution in [2.24, 2.45) is 0 Å². The van der Waals surface area contributed by atoms with Gasteiger partial charge in [-0.2, -0.15) is 18.4 Å². The molecule has 0 saturated heterocycles. The summed E-state index contributed by atoms with van der Waals surface area (Å²) in [7, 11) is 0. The summed E-state index contributed by atoms with van der Waals surface area (Å²) in [5.74, 6) is -0.0762. The zero-order chi connectivity index (χ0) is 24.8. The quantitative estimate of drug-likeness (QED) is 0.341. The Bertz CT molecular complexity index is 1400. The van der Waals surface area contributed by atoms with Crippen molar-refractivity contribution in [3.8, 4) is 22.5 Å². The van der Waals surface area contributed by atoms with Crippen molar-refractivity contribution in [3.63, 3.8) is 0 Å². The zero-order valence-corrected chi connectivity index (χ0v) is 19.2. The molecule has 5 rings (SSSR count). The number of aromatic nitrogens is 5. The molecule has 2 aromatic carbocycles. The number of anilines is 1. The molecule has 1 aliphatic rings. The molecule has 2 N–H and O–H groups in total. The second kappa shape index (κ2) is 8.62. The van der Waals surface area contributed by atoms with Crippen molar-refractivity contribution in [3.05, 3.63) is 76.0 Å². The SMILES string of the molecule is O=C(Nc1cc(Cl)c(-c2ccc(C(F)(F)F)nc2)c(-c2nn[nH]n2)c1)C1(c2cccc(Cl)c2)CC1. The van der Waals surface area contributed by atoms with Crippen LogP contribution in [-0.2, 0) is 16.4 Å². The maximum absolute atomic E-state index is 13.2. The summed E-state index contributed by atoms with van der Waals surface area (Å²) in [6.07, 6.45) is -2.17. The van der Waals surface area contributed by atoms with Gasteiger partial charge >= 0.3 is 6.18 Å². The molecule has 4 aromatic rings. The van der Waals surface area contributed by atoms with E-state index < -0.39 is 17.3 Å². The van der Waals surface area contributed by atoms with Crippen LogP contribution in [0.4, 0.5) is 18.9 Å². The standard InChI is InChI=1S/C23H15Cl2F3N6O/c24-14-3-1-2-13(8-14)22(6-7-22)21(35)30-15-9-16(20-31-33-34-32-20)19(17(25)10-15)12-4-5-18(29-11-12)23(26,27)28/h1-5,8-11H,6-7H2,(H,30,35)(H,31,32,33,34). The fourth-order valence-corrected chi connectivity index (χ4v) is 4.46. The molecule has 0 aliphatic heterocycles. The lowest BCUT2D eigenvalue weighted by Gasteiger charge is -2.18. The first kappa shape index (κ1) is 23.3. The second-order valence-corrected chi connectivity index (χ2v) is 8.94. The van der Waals surface area contributed by atoms with E-state index in [0.29, 0.717) is 40.2 Å². The third kappa shape index (κ3) is 4.46. The van der Waals surface area contributed by atoms with Gasteiger partial charge in [0.05, 0.1) is 10.4 Å². The Balaban J connectivity index is 1.52. The van der Waals surface area contributed by atoms with Crippen LogP contribution >= 0.6 is 23.2 Å². The maximum atomic E-state index is 13.2. The van der Waals surface area contributed by atoms with Crippen LogP contribution in [0.25, 0.3) is 22.5 Å². The molecule has 7 nitrogen and oxygen atoms in total. The van der Waals surface area contributed by atoms with Gasteiger partial charge < -0.3 is 5.32 Å². The van der Waals surface area contributed by atoms with E-state index in [0.717, 1.165) is 17.8 Å². The molecule has 0 unspecified atom stereocenters. The normalized spacial score (nSPS) is 14.5. The van der Waals surface area contributed by atoms with Crippen molar-refractivity contribution in [2.45, 2.75) is 24.4 Å². The van der Waals surface area contributed by atoms with Crippen LogP contribution in [-0.4, -0.2) is 31.5 Å². The summed E-state index contributed by atoms with van der Waals surface area (Å²) in [6, 6.07) is 12.4. The number of carbonyl (C=O) groups is 1. The number of benzene rings is 2. The van der Waals surface area contributed by atoms with E-state index >= 15 is 0 Å². The van der Waals surface area contributed by atoms with E-state index in [-0.39, 0.29) is 16.8 Å². The molecule has 2 heterocycles. The Kier molecular flexibility index (Phi) is 5.72. The molecule has 1 aliphatic carbocycles. The van der Waals surface area contributed by atoms with Crippen molar-refractivity contribution in [1.82, 2.24) is 25.6 Å². The van der Waals surface area contributed by atoms with E-state index in [4.69, 9.17) is 23.2 Å². The average Bonchev–Trinajstić information content (AvgIpc) is 3.45. The molecule has 12 heteroatoms. The van der Waals surface area contributed by atoms with Crippen LogP contribution in [0.2, 0.25) is 10.0 Å². The molecule has 0 atom stereocenters. The highest BCUT2D eigenvalue weighted by atomic mass is 35.5. The number of hydrogen-bond acceptors (Lipinski definition) is 5. The lowest BCUT2D eigenvalue weighted by atomic mass is 9.94. The summed E-state index contributed by atoms with van der Waals surface area (Å²) in [5, 5.41) is 17.4. The summed E-state index contributed by atoms with van der Waals surface area (Å²) in [4.78, 5) is 16.8. The minimum absolute atomic E-state index is 0.147. The number of aromatic amines is 1. The molecule has 0 bridgehead atoms. The molecule has 1 amide bonds. The van der Waals surface area contributed by atoms with Crippen LogP contribution in [0.5, 0.6) is 0 Å². The lowest BCUT2D eigenvalue weighted by Crippen LogP contribution is -2.27. The van der Waals surface area contributed by atoms with Gasteiger partial charge in [0.25, 0.3) is 0 Å². The summed E-state index contributed by atoms with van der Waals surface area (Å²) in [5.41, 5.74) is 0.492. The van der Waals surface area contributed by atoms with Crippen LogP contribution in [0.15, 0.2) is 54.7 Å². The highest BCUT2D eigenvalue weighted by Gasteiger charge is 2.51. The summed E-state index contributed by atoms with van der Waals surface area (Å²) in [6.45, 7) is 0. The molecule has 178 valence electrons. The van der Waals surface area contributed by atoms with E-state index in [1.807, 2.05) is 6.07 Å². The molecule has 2 aromatic heterocycles.